The van der Waals surface area contributed by atoms with E-state index in [1.807, 2.05) is 200 Å². The van der Waals surface area contributed by atoms with Crippen LogP contribution in [0, 0.1) is 48.5 Å². The van der Waals surface area contributed by atoms with Crippen molar-refractivity contribution in [1.82, 2.24) is 54.8 Å². The molecule has 7 heterocycles. The summed E-state index contributed by atoms with van der Waals surface area (Å²) in [7, 11) is 0. The van der Waals surface area contributed by atoms with Gasteiger partial charge in [0.15, 0.2) is 0 Å². The van der Waals surface area contributed by atoms with Crippen LogP contribution < -0.4 is 0 Å². The second-order valence-corrected chi connectivity index (χ2v) is 9.94. The third kappa shape index (κ3) is 65.1. The molecule has 11 nitrogen and oxygen atoms in total. The van der Waals surface area contributed by atoms with Gasteiger partial charge in [-0.2, -0.15) is 0 Å². The van der Waals surface area contributed by atoms with Gasteiger partial charge in [-0.25, -0.2) is 29.9 Å². The maximum Gasteiger partial charge on any atom is 0.125 e. The highest BCUT2D eigenvalue weighted by molar-refractivity contribution is 5.06. The minimum absolute atomic E-state index is 0.822. The van der Waals surface area contributed by atoms with Crippen molar-refractivity contribution in [2.45, 2.75) is 145 Å². The Morgan fingerprint density at radius 3 is 0.952 bits per heavy atom. The van der Waals surface area contributed by atoms with Crippen LogP contribution >= 0.6 is 0 Å². The summed E-state index contributed by atoms with van der Waals surface area (Å²) in [4.78, 5) is 42.3. The van der Waals surface area contributed by atoms with Crippen LogP contribution in [0.3, 0.4) is 0 Å². The molecule has 350 valence electrons. The van der Waals surface area contributed by atoms with Gasteiger partial charge >= 0.3 is 0 Å². The normalized spacial score (nSPS) is 7.44. The number of hydrogen-bond acceptors (Lipinski definition) is 11. The summed E-state index contributed by atoms with van der Waals surface area (Å²) < 4.78 is 0. The minimum Gasteiger partial charge on any atom is -0.265 e. The molecule has 0 saturated heterocycles. The summed E-state index contributed by atoms with van der Waals surface area (Å²) in [6.07, 6.45) is 25.8. The van der Waals surface area contributed by atoms with E-state index in [0.717, 1.165) is 28.5 Å². The van der Waals surface area contributed by atoms with Crippen LogP contribution in [0.1, 0.15) is 137 Å². The summed E-state index contributed by atoms with van der Waals surface area (Å²) >= 11 is 0. The van der Waals surface area contributed by atoms with Crippen LogP contribution in [0.25, 0.3) is 0 Å². The van der Waals surface area contributed by atoms with E-state index in [9.17, 15) is 0 Å². The van der Waals surface area contributed by atoms with Crippen molar-refractivity contribution in [2.24, 2.45) is 0 Å². The molecule has 0 N–H and O–H groups in total. The van der Waals surface area contributed by atoms with E-state index in [0.29, 0.717) is 0 Å². The van der Waals surface area contributed by atoms with Crippen molar-refractivity contribution in [3.63, 3.8) is 0 Å². The average Bonchev–Trinajstić information content (AvgIpc) is 3.36. The summed E-state index contributed by atoms with van der Waals surface area (Å²) in [5.41, 5.74) is 6.61. The fraction of sp³-hybridized carbons (Fsp3) is 0.404. The molecular formula is C52H87N11. The first-order valence-corrected chi connectivity index (χ1v) is 22.3. The number of aryl methyl sites for hydroxylation is 7. The highest BCUT2D eigenvalue weighted by Gasteiger charge is 1.78. The maximum atomic E-state index is 3.98. The first-order chi connectivity index (χ1) is 30.8. The van der Waals surface area contributed by atoms with Gasteiger partial charge in [0, 0.05) is 91.9 Å². The Hall–Kier alpha value is -6.23. The van der Waals surface area contributed by atoms with Crippen molar-refractivity contribution in [1.29, 1.82) is 0 Å². The van der Waals surface area contributed by atoms with Crippen molar-refractivity contribution in [3.8, 4) is 0 Å². The predicted molar refractivity (Wildman–Crippen MR) is 273 cm³/mol. The molecule has 0 aliphatic carbocycles. The molecule has 7 aromatic heterocycles. The minimum atomic E-state index is 0.822. The van der Waals surface area contributed by atoms with Crippen molar-refractivity contribution < 1.29 is 0 Å². The molecule has 0 radical (unpaired) electrons. The molecule has 63 heavy (non-hydrogen) atoms. The van der Waals surface area contributed by atoms with Crippen molar-refractivity contribution in [3.05, 3.63) is 187 Å². The van der Waals surface area contributed by atoms with Gasteiger partial charge in [-0.15, -0.1) is 0 Å². The fourth-order valence-electron chi connectivity index (χ4n) is 2.80. The van der Waals surface area contributed by atoms with E-state index in [1.165, 1.54) is 23.8 Å². The fourth-order valence-corrected chi connectivity index (χ4v) is 2.80. The molecule has 0 atom stereocenters. The lowest BCUT2D eigenvalue weighted by Gasteiger charge is -1.82. The number of aromatic nitrogens is 11. The molecule has 11 heteroatoms. The standard InChI is InChI=1S/3C6H7N.4C5H6N2.7C2H6/c1-6-2-4-7-5-3-6;1-6-3-2-4-7-5-6;1-6-4-2-3-5-7-6;1-5-2-6-4-7-3-5;1-5-4-6-2-3-7-5;1-5-2-3-6-4-7-5;1-5-6-3-2-4-7-5;7*1-2/h3*2-5H,1H3;4*2-4H,1H3;7*1-2H3. The van der Waals surface area contributed by atoms with Crippen LogP contribution in [0.15, 0.2) is 148 Å². The lowest BCUT2D eigenvalue weighted by atomic mass is 10.3. The third-order valence-corrected chi connectivity index (χ3v) is 5.28. The molecular weight excluding hydrogens is 779 g/mol. The largest absolute Gasteiger partial charge is 0.265 e. The topological polar surface area (TPSA) is 142 Å². The Balaban J connectivity index is -0.000000111. The van der Waals surface area contributed by atoms with E-state index < -0.39 is 0 Å². The highest BCUT2D eigenvalue weighted by atomic mass is 14.8. The van der Waals surface area contributed by atoms with E-state index >= 15 is 0 Å². The lowest BCUT2D eigenvalue weighted by Crippen LogP contribution is -1.80. The quantitative estimate of drug-likeness (QED) is 0.144. The summed E-state index contributed by atoms with van der Waals surface area (Å²) in [6, 6.07) is 17.4. The Morgan fingerprint density at radius 1 is 0.254 bits per heavy atom. The molecule has 0 spiro atoms. The van der Waals surface area contributed by atoms with Gasteiger partial charge < -0.3 is 0 Å². The third-order valence-electron chi connectivity index (χ3n) is 5.28. The number of hydrogen-bond donors (Lipinski definition) is 0. The summed E-state index contributed by atoms with van der Waals surface area (Å²) in [6.45, 7) is 41.7. The molecule has 0 amide bonds. The monoisotopic (exact) mass is 866 g/mol. The molecule has 0 fully saturated rings. The molecule has 0 aliphatic rings. The molecule has 7 rings (SSSR count). The smallest absolute Gasteiger partial charge is 0.125 e. The van der Waals surface area contributed by atoms with Crippen LogP contribution in [0.5, 0.6) is 0 Å². The molecule has 0 bridgehead atoms. The molecule has 0 aliphatic heterocycles. The van der Waals surface area contributed by atoms with E-state index in [4.69, 9.17) is 0 Å². The van der Waals surface area contributed by atoms with E-state index in [-0.39, 0.29) is 0 Å². The zero-order chi connectivity index (χ0) is 49.8. The van der Waals surface area contributed by atoms with Crippen molar-refractivity contribution >= 4 is 0 Å². The molecule has 0 saturated carbocycles. The van der Waals surface area contributed by atoms with E-state index in [1.54, 1.807) is 80.4 Å². The second kappa shape index (κ2) is 67.5. The number of rotatable bonds is 0. The van der Waals surface area contributed by atoms with Crippen LogP contribution in [0.2, 0.25) is 0 Å². The van der Waals surface area contributed by atoms with E-state index in [2.05, 4.69) is 54.8 Å². The Kier molecular flexibility index (Phi) is 76.4. The predicted octanol–water partition coefficient (Wildman–Crippen LogP) is 14.5. The molecule has 0 unspecified atom stereocenters. The van der Waals surface area contributed by atoms with Gasteiger partial charge in [-0.05, 0) is 108 Å². The first kappa shape index (κ1) is 71.3. The van der Waals surface area contributed by atoms with Crippen LogP contribution in [0.4, 0.5) is 0 Å². The lowest BCUT2D eigenvalue weighted by molar-refractivity contribution is 1.05. The number of nitrogens with zero attached hydrogens (tertiary/aromatic N) is 11. The first-order valence-electron chi connectivity index (χ1n) is 22.3. The Labute approximate surface area is 386 Å². The van der Waals surface area contributed by atoms with Gasteiger partial charge in [0.1, 0.15) is 18.5 Å². The Bertz CT molecular complexity index is 1320. The summed E-state index contributed by atoms with van der Waals surface area (Å²) in [5, 5.41) is 0. The van der Waals surface area contributed by atoms with Gasteiger partial charge in [0.05, 0.1) is 5.69 Å². The van der Waals surface area contributed by atoms with Gasteiger partial charge in [-0.3, -0.25) is 24.9 Å². The van der Waals surface area contributed by atoms with Gasteiger partial charge in [-0.1, -0.05) is 109 Å². The zero-order valence-electron chi connectivity index (χ0n) is 43.3. The van der Waals surface area contributed by atoms with Gasteiger partial charge in [0.25, 0.3) is 0 Å². The number of pyridine rings is 3. The second-order valence-electron chi connectivity index (χ2n) is 9.94. The zero-order valence-corrected chi connectivity index (χ0v) is 43.3. The Morgan fingerprint density at radius 2 is 0.730 bits per heavy atom. The molecule has 0 aromatic carbocycles. The maximum absolute atomic E-state index is 3.98. The molecule has 7 aromatic rings. The average molecular weight is 866 g/mol. The highest BCUT2D eigenvalue weighted by Crippen LogP contribution is 1.90. The van der Waals surface area contributed by atoms with Crippen LogP contribution in [-0.4, -0.2) is 54.8 Å². The van der Waals surface area contributed by atoms with Crippen molar-refractivity contribution in [2.75, 3.05) is 0 Å². The van der Waals surface area contributed by atoms with Crippen LogP contribution in [-0.2, 0) is 0 Å². The van der Waals surface area contributed by atoms with Gasteiger partial charge in [0.2, 0.25) is 0 Å². The SMILES string of the molecule is CC.CC.CC.CC.CC.CC.CC.Cc1ccccn1.Cc1cccnc1.Cc1ccncc1.Cc1ccncn1.Cc1cnccn1.Cc1cncnc1.Cc1ncccn1. The summed E-state index contributed by atoms with van der Waals surface area (Å²) in [5.74, 6) is 0.822.